The van der Waals surface area contributed by atoms with Gasteiger partial charge in [-0.3, -0.25) is 9.69 Å². The number of nitrogens with zero attached hydrogens (tertiary/aromatic N) is 6. The number of fused-ring (bicyclic) bond motifs is 1. The maximum absolute atomic E-state index is 11.3. The first-order valence-corrected chi connectivity index (χ1v) is 13.9. The Kier molecular flexibility index (Phi) is 7.61. The molecule has 0 radical (unpaired) electrons. The maximum Gasteiger partial charge on any atom is 0.217 e. The van der Waals surface area contributed by atoms with Crippen LogP contribution in [-0.4, -0.2) is 62.3 Å². The lowest BCUT2D eigenvalue weighted by atomic mass is 9.91. The van der Waals surface area contributed by atoms with Crippen LogP contribution in [0.2, 0.25) is 10.0 Å². The van der Waals surface area contributed by atoms with Crippen molar-refractivity contribution in [3.63, 3.8) is 0 Å². The minimum atomic E-state index is -0.203. The summed E-state index contributed by atoms with van der Waals surface area (Å²) in [5.41, 5.74) is 8.77. The van der Waals surface area contributed by atoms with Crippen molar-refractivity contribution in [3.05, 3.63) is 45.7 Å². The minimum absolute atomic E-state index is 0.123. The van der Waals surface area contributed by atoms with E-state index in [2.05, 4.69) is 23.6 Å². The normalized spacial score (nSPS) is 23.6. The van der Waals surface area contributed by atoms with Crippen LogP contribution in [0.4, 0.5) is 5.82 Å². The number of aryl methyl sites for hydroxylation is 1. The molecule has 198 valence electrons. The molecule has 2 fully saturated rings. The number of aromatic nitrogens is 4. The van der Waals surface area contributed by atoms with Gasteiger partial charge in [0.05, 0.1) is 17.9 Å². The molecule has 1 amide bonds. The summed E-state index contributed by atoms with van der Waals surface area (Å²) in [6.45, 7) is 9.28. The van der Waals surface area contributed by atoms with Crippen LogP contribution >= 0.6 is 23.2 Å². The average molecular weight is 545 g/mol. The Morgan fingerprint density at radius 2 is 2.05 bits per heavy atom. The van der Waals surface area contributed by atoms with Crippen molar-refractivity contribution in [2.75, 3.05) is 24.5 Å². The lowest BCUT2D eigenvalue weighted by molar-refractivity contribution is -0.118. The summed E-state index contributed by atoms with van der Waals surface area (Å²) in [6.07, 6.45) is 6.61. The summed E-state index contributed by atoms with van der Waals surface area (Å²) in [7, 11) is 0. The second kappa shape index (κ2) is 10.8. The number of benzene rings is 1. The number of piperidine rings is 1. The topological polar surface area (TPSA) is 93.2 Å². The van der Waals surface area contributed by atoms with E-state index in [4.69, 9.17) is 44.0 Å². The van der Waals surface area contributed by atoms with E-state index in [0.29, 0.717) is 34.5 Å². The first-order valence-electron chi connectivity index (χ1n) is 13.2. The molecule has 0 aliphatic carbocycles. The van der Waals surface area contributed by atoms with Gasteiger partial charge in [-0.05, 0) is 69.7 Å². The highest BCUT2D eigenvalue weighted by Gasteiger charge is 2.37. The Morgan fingerprint density at radius 3 is 2.78 bits per heavy atom. The summed E-state index contributed by atoms with van der Waals surface area (Å²) in [5.74, 6) is 1.14. The Bertz CT molecular complexity index is 1300. The van der Waals surface area contributed by atoms with Crippen molar-refractivity contribution in [1.82, 2.24) is 24.6 Å². The highest BCUT2D eigenvalue weighted by atomic mass is 35.5. The van der Waals surface area contributed by atoms with Gasteiger partial charge in [0.25, 0.3) is 0 Å². The van der Waals surface area contributed by atoms with Gasteiger partial charge in [0.15, 0.2) is 5.65 Å². The Balaban J connectivity index is 1.36. The molecule has 0 saturated carbocycles. The molecular formula is C27H35Cl2N7O. The van der Waals surface area contributed by atoms with Crippen LogP contribution in [0.3, 0.4) is 0 Å². The third-order valence-electron chi connectivity index (χ3n) is 8.09. The van der Waals surface area contributed by atoms with Crippen LogP contribution < -0.4 is 10.6 Å². The van der Waals surface area contributed by atoms with Crippen molar-refractivity contribution in [2.45, 2.75) is 71.0 Å². The zero-order valence-electron chi connectivity index (χ0n) is 21.7. The van der Waals surface area contributed by atoms with Gasteiger partial charge >= 0.3 is 0 Å². The van der Waals surface area contributed by atoms with Gasteiger partial charge < -0.3 is 10.6 Å². The zero-order chi connectivity index (χ0) is 26.3. The number of nitrogens with two attached hydrogens (primary N) is 1. The Morgan fingerprint density at radius 1 is 1.24 bits per heavy atom. The molecule has 8 nitrogen and oxygen atoms in total. The molecule has 2 aliphatic rings. The largest absolute Gasteiger partial charge is 0.370 e. The third kappa shape index (κ3) is 5.29. The van der Waals surface area contributed by atoms with Crippen molar-refractivity contribution in [1.29, 1.82) is 0 Å². The van der Waals surface area contributed by atoms with Crippen molar-refractivity contribution < 1.29 is 4.79 Å². The molecule has 1 unspecified atom stereocenters. The number of anilines is 1. The summed E-state index contributed by atoms with van der Waals surface area (Å²) < 4.78 is 1.92. The monoisotopic (exact) mass is 543 g/mol. The van der Waals surface area contributed by atoms with Crippen LogP contribution in [-0.2, 0) is 4.79 Å². The number of halogens is 2. The number of amides is 1. The standard InChI is InChI=1S/C27H35Cl2N7O/c1-16-15-34(12-10-23(16)35-11-4-5-20(35)7-9-24(30)37)25-14-31-26-17(2)33-36(27(26)32-25)18(3)21-8-6-19(28)13-22(21)29/h6,8,13-14,16,18,20,23H,4-5,7,9-12,15H2,1-3H3,(H2,30,37)/t16-,18-,20?,23+/m1/s1. The lowest BCUT2D eigenvalue weighted by Gasteiger charge is -2.43. The second-order valence-electron chi connectivity index (χ2n) is 10.6. The van der Waals surface area contributed by atoms with E-state index < -0.39 is 0 Å². The van der Waals surface area contributed by atoms with Crippen LogP contribution in [0.1, 0.15) is 63.3 Å². The fourth-order valence-corrected chi connectivity index (χ4v) is 6.75. The van der Waals surface area contributed by atoms with Gasteiger partial charge in [-0.1, -0.05) is 36.2 Å². The van der Waals surface area contributed by atoms with Gasteiger partial charge in [-0.25, -0.2) is 14.6 Å². The van der Waals surface area contributed by atoms with Crippen molar-refractivity contribution in [3.8, 4) is 0 Å². The highest BCUT2D eigenvalue weighted by Crippen LogP contribution is 2.34. The van der Waals surface area contributed by atoms with E-state index in [1.807, 2.05) is 29.9 Å². The van der Waals surface area contributed by atoms with Crippen LogP contribution in [0.25, 0.3) is 11.2 Å². The number of primary amides is 1. The predicted molar refractivity (Wildman–Crippen MR) is 148 cm³/mol. The highest BCUT2D eigenvalue weighted by molar-refractivity contribution is 6.35. The molecule has 37 heavy (non-hydrogen) atoms. The van der Waals surface area contributed by atoms with Crippen LogP contribution in [0, 0.1) is 12.8 Å². The molecule has 2 aliphatic heterocycles. The summed E-state index contributed by atoms with van der Waals surface area (Å²) in [4.78, 5) is 26.1. The Hall–Kier alpha value is -2.42. The van der Waals surface area contributed by atoms with Crippen molar-refractivity contribution in [2.24, 2.45) is 11.7 Å². The molecule has 3 aromatic rings. The van der Waals surface area contributed by atoms with E-state index >= 15 is 0 Å². The van der Waals surface area contributed by atoms with Crippen LogP contribution in [0.15, 0.2) is 24.4 Å². The van der Waals surface area contributed by atoms with Gasteiger partial charge in [-0.15, -0.1) is 0 Å². The minimum Gasteiger partial charge on any atom is -0.370 e. The van der Waals surface area contributed by atoms with Gasteiger partial charge in [0.2, 0.25) is 5.91 Å². The molecule has 0 bridgehead atoms. The summed E-state index contributed by atoms with van der Waals surface area (Å²) in [5, 5.41) is 5.99. The average Bonchev–Trinajstić information content (AvgIpc) is 3.46. The SMILES string of the molecule is Cc1nn([C@H](C)c2ccc(Cl)cc2Cl)c2nc(N3CC[C@H](N4CCCC4CCC(N)=O)[C@H](C)C3)cnc12. The lowest BCUT2D eigenvalue weighted by Crippen LogP contribution is -2.52. The first kappa shape index (κ1) is 26.2. The van der Waals surface area contributed by atoms with Gasteiger partial charge in [-0.2, -0.15) is 5.10 Å². The molecular weight excluding hydrogens is 509 g/mol. The number of hydrogen-bond donors (Lipinski definition) is 1. The molecule has 10 heteroatoms. The molecule has 5 rings (SSSR count). The van der Waals surface area contributed by atoms with Gasteiger partial charge in [0.1, 0.15) is 11.3 Å². The molecule has 4 atom stereocenters. The van der Waals surface area contributed by atoms with E-state index in [9.17, 15) is 4.79 Å². The fourth-order valence-electron chi connectivity index (χ4n) is 6.18. The van der Waals surface area contributed by atoms with E-state index in [1.54, 1.807) is 6.07 Å². The Labute approximate surface area is 228 Å². The molecule has 2 N–H and O–H groups in total. The summed E-state index contributed by atoms with van der Waals surface area (Å²) >= 11 is 12.6. The molecule has 2 saturated heterocycles. The number of carbonyl (C=O) groups excluding carboxylic acids is 1. The third-order valence-corrected chi connectivity index (χ3v) is 8.66. The second-order valence-corrected chi connectivity index (χ2v) is 11.4. The number of likely N-dealkylation sites (tertiary alicyclic amines) is 1. The number of rotatable bonds is 7. The first-order chi connectivity index (χ1) is 17.7. The van der Waals surface area contributed by atoms with E-state index in [-0.39, 0.29) is 11.9 Å². The van der Waals surface area contributed by atoms with Crippen LogP contribution in [0.5, 0.6) is 0 Å². The number of carbonyl (C=O) groups is 1. The quantitative estimate of drug-likeness (QED) is 0.450. The molecule has 0 spiro atoms. The van der Waals surface area contributed by atoms with Gasteiger partial charge in [0, 0.05) is 41.6 Å². The zero-order valence-corrected chi connectivity index (χ0v) is 23.2. The molecule has 4 heterocycles. The maximum atomic E-state index is 11.3. The molecule has 2 aromatic heterocycles. The number of hydrogen-bond acceptors (Lipinski definition) is 6. The van der Waals surface area contributed by atoms with E-state index in [1.165, 1.54) is 6.42 Å². The predicted octanol–water partition coefficient (Wildman–Crippen LogP) is 5.00. The van der Waals surface area contributed by atoms with E-state index in [0.717, 1.165) is 67.1 Å². The molecule has 1 aromatic carbocycles. The van der Waals surface area contributed by atoms with Crippen molar-refractivity contribution >= 4 is 46.1 Å². The smallest absolute Gasteiger partial charge is 0.217 e. The summed E-state index contributed by atoms with van der Waals surface area (Å²) in [6, 6.07) is 6.39. The fraction of sp³-hybridized carbons (Fsp3) is 0.556.